The molecule has 0 bridgehead atoms. The average Bonchev–Trinajstić information content (AvgIpc) is 3.12. The third kappa shape index (κ3) is 5.88. The second-order valence-electron chi connectivity index (χ2n) is 7.11. The van der Waals surface area contributed by atoms with Crippen molar-refractivity contribution in [2.75, 3.05) is 24.2 Å². The zero-order chi connectivity index (χ0) is 20.9. The number of rotatable bonds is 8. The van der Waals surface area contributed by atoms with Gasteiger partial charge in [-0.3, -0.25) is 9.59 Å². The van der Waals surface area contributed by atoms with Crippen LogP contribution < -0.4 is 10.2 Å². The van der Waals surface area contributed by atoms with Gasteiger partial charge in [-0.15, -0.1) is 0 Å². The zero-order valence-corrected chi connectivity index (χ0v) is 17.2. The molecule has 0 aromatic heterocycles. The molecular weight excluding hydrogens is 390 g/mol. The number of nitrogens with one attached hydrogen (secondary N) is 1. The van der Waals surface area contributed by atoms with E-state index in [0.717, 1.165) is 33.8 Å². The molecule has 2 amide bonds. The Labute approximate surface area is 171 Å². The van der Waals surface area contributed by atoms with Crippen molar-refractivity contribution in [3.63, 3.8) is 0 Å². The van der Waals surface area contributed by atoms with Crippen LogP contribution in [0.3, 0.4) is 0 Å². The van der Waals surface area contributed by atoms with Gasteiger partial charge in [-0.25, -0.2) is 8.42 Å². The Hall–Kier alpha value is -2.71. The molecule has 0 spiro atoms. The number of hydrogen-bond donors (Lipinski definition) is 1. The van der Waals surface area contributed by atoms with Crippen molar-refractivity contribution < 1.29 is 18.0 Å². The van der Waals surface area contributed by atoms with E-state index in [9.17, 15) is 18.0 Å². The van der Waals surface area contributed by atoms with E-state index >= 15 is 0 Å². The van der Waals surface area contributed by atoms with Crippen molar-refractivity contribution in [1.29, 1.82) is 0 Å². The highest BCUT2D eigenvalue weighted by molar-refractivity contribution is 7.88. The lowest BCUT2D eigenvalue weighted by molar-refractivity contribution is -0.121. The van der Waals surface area contributed by atoms with Crippen LogP contribution in [0, 0.1) is 0 Å². The van der Waals surface area contributed by atoms with E-state index in [1.54, 1.807) is 4.90 Å². The van der Waals surface area contributed by atoms with Gasteiger partial charge in [0.1, 0.15) is 0 Å². The van der Waals surface area contributed by atoms with Gasteiger partial charge in [0.2, 0.25) is 21.8 Å². The van der Waals surface area contributed by atoms with Gasteiger partial charge in [-0.1, -0.05) is 42.5 Å². The Balaban J connectivity index is 1.60. The molecule has 1 fully saturated rings. The number of benzene rings is 2. The number of amides is 2. The molecule has 1 aliphatic heterocycles. The Morgan fingerprint density at radius 3 is 2.48 bits per heavy atom. The molecule has 2 aromatic rings. The summed E-state index contributed by atoms with van der Waals surface area (Å²) in [5.74, 6) is -0.273. The first-order valence-corrected chi connectivity index (χ1v) is 11.3. The molecule has 8 heteroatoms. The fraction of sp³-hybridized carbons (Fsp3) is 0.333. The van der Waals surface area contributed by atoms with Crippen LogP contribution in [0.15, 0.2) is 54.6 Å². The van der Waals surface area contributed by atoms with E-state index in [2.05, 4.69) is 5.32 Å². The molecule has 0 atom stereocenters. The normalized spacial score (nSPS) is 14.4. The lowest BCUT2D eigenvalue weighted by atomic mass is 10.2. The van der Waals surface area contributed by atoms with Crippen molar-refractivity contribution in [2.24, 2.45) is 0 Å². The van der Waals surface area contributed by atoms with Crippen LogP contribution in [0.4, 0.5) is 5.69 Å². The minimum absolute atomic E-state index is 0.107. The summed E-state index contributed by atoms with van der Waals surface area (Å²) in [5, 5.41) is 2.77. The van der Waals surface area contributed by atoms with Crippen LogP contribution in [0.1, 0.15) is 24.0 Å². The summed E-state index contributed by atoms with van der Waals surface area (Å²) < 4.78 is 25.3. The SMILES string of the molecule is CS(=O)(=O)N(CC(=O)NCc1cccc(N2CCCC2=O)c1)Cc1ccccc1. The zero-order valence-electron chi connectivity index (χ0n) is 16.4. The Bertz CT molecular complexity index is 976. The van der Waals surface area contributed by atoms with Gasteiger partial charge < -0.3 is 10.2 Å². The van der Waals surface area contributed by atoms with Crippen molar-refractivity contribution in [3.05, 3.63) is 65.7 Å². The molecular formula is C21H25N3O4S. The predicted octanol–water partition coefficient (Wildman–Crippen LogP) is 1.89. The third-order valence-corrected chi connectivity index (χ3v) is 5.97. The van der Waals surface area contributed by atoms with Crippen LogP contribution in [-0.4, -0.2) is 43.9 Å². The summed E-state index contributed by atoms with van der Waals surface area (Å²) in [6, 6.07) is 16.6. The second-order valence-corrected chi connectivity index (χ2v) is 9.09. The van der Waals surface area contributed by atoms with Gasteiger partial charge in [-0.05, 0) is 29.7 Å². The molecule has 154 valence electrons. The van der Waals surface area contributed by atoms with Gasteiger partial charge in [0.15, 0.2) is 0 Å². The van der Waals surface area contributed by atoms with E-state index in [1.807, 2.05) is 54.6 Å². The molecule has 1 aliphatic rings. The third-order valence-electron chi connectivity index (χ3n) is 4.78. The van der Waals surface area contributed by atoms with E-state index in [4.69, 9.17) is 0 Å². The van der Waals surface area contributed by atoms with Crippen LogP contribution in [0.5, 0.6) is 0 Å². The van der Waals surface area contributed by atoms with Gasteiger partial charge in [0.25, 0.3) is 0 Å². The lowest BCUT2D eigenvalue weighted by Crippen LogP contribution is -2.39. The average molecular weight is 416 g/mol. The molecule has 0 saturated carbocycles. The van der Waals surface area contributed by atoms with Gasteiger partial charge >= 0.3 is 0 Å². The fourth-order valence-corrected chi connectivity index (χ4v) is 3.98. The summed E-state index contributed by atoms with van der Waals surface area (Å²) in [5.41, 5.74) is 2.49. The first kappa shape index (κ1) is 21.0. The van der Waals surface area contributed by atoms with E-state index in [-0.39, 0.29) is 31.4 Å². The summed E-state index contributed by atoms with van der Waals surface area (Å²) >= 11 is 0. The van der Waals surface area contributed by atoms with Crippen LogP contribution in [0.25, 0.3) is 0 Å². The van der Waals surface area contributed by atoms with Gasteiger partial charge in [0.05, 0.1) is 12.8 Å². The van der Waals surface area contributed by atoms with Gasteiger partial charge in [-0.2, -0.15) is 4.31 Å². The van der Waals surface area contributed by atoms with E-state index < -0.39 is 10.0 Å². The summed E-state index contributed by atoms with van der Waals surface area (Å²) in [4.78, 5) is 26.0. The van der Waals surface area contributed by atoms with Crippen molar-refractivity contribution >= 4 is 27.5 Å². The molecule has 0 aliphatic carbocycles. The molecule has 7 nitrogen and oxygen atoms in total. The molecule has 1 N–H and O–H groups in total. The summed E-state index contributed by atoms with van der Waals surface area (Å²) in [6.45, 7) is 0.854. The maximum absolute atomic E-state index is 12.4. The molecule has 0 unspecified atom stereocenters. The summed E-state index contributed by atoms with van der Waals surface area (Å²) in [6.07, 6.45) is 2.51. The Morgan fingerprint density at radius 2 is 1.83 bits per heavy atom. The maximum atomic E-state index is 12.4. The summed E-state index contributed by atoms with van der Waals surface area (Å²) in [7, 11) is -3.54. The smallest absolute Gasteiger partial charge is 0.235 e. The monoisotopic (exact) mass is 415 g/mol. The van der Waals surface area contributed by atoms with E-state index in [0.29, 0.717) is 13.0 Å². The van der Waals surface area contributed by atoms with Crippen molar-refractivity contribution in [3.8, 4) is 0 Å². The lowest BCUT2D eigenvalue weighted by Gasteiger charge is -2.20. The van der Waals surface area contributed by atoms with E-state index in [1.165, 1.54) is 0 Å². The number of carbonyl (C=O) groups is 2. The molecule has 2 aromatic carbocycles. The fourth-order valence-electron chi connectivity index (χ4n) is 3.25. The number of hydrogen-bond acceptors (Lipinski definition) is 4. The van der Waals surface area contributed by atoms with Crippen molar-refractivity contribution in [1.82, 2.24) is 9.62 Å². The predicted molar refractivity (Wildman–Crippen MR) is 112 cm³/mol. The highest BCUT2D eigenvalue weighted by atomic mass is 32.2. The van der Waals surface area contributed by atoms with Gasteiger partial charge in [0, 0.05) is 31.7 Å². The van der Waals surface area contributed by atoms with Crippen LogP contribution in [0.2, 0.25) is 0 Å². The maximum Gasteiger partial charge on any atom is 0.235 e. The largest absolute Gasteiger partial charge is 0.351 e. The standard InChI is InChI=1S/C21H25N3O4S/c1-29(27,28)23(15-17-7-3-2-4-8-17)16-20(25)22-14-18-9-5-10-19(13-18)24-12-6-11-21(24)26/h2-5,7-10,13H,6,11-12,14-16H2,1H3,(H,22,25). The Kier molecular flexibility index (Phi) is 6.66. The molecule has 1 heterocycles. The van der Waals surface area contributed by atoms with Crippen LogP contribution in [-0.2, 0) is 32.7 Å². The topological polar surface area (TPSA) is 86.8 Å². The molecule has 1 saturated heterocycles. The number of nitrogens with zero attached hydrogens (tertiary/aromatic N) is 2. The minimum Gasteiger partial charge on any atom is -0.351 e. The Morgan fingerprint density at radius 1 is 1.10 bits per heavy atom. The molecule has 0 radical (unpaired) electrons. The number of anilines is 1. The highest BCUT2D eigenvalue weighted by Gasteiger charge is 2.22. The quantitative estimate of drug-likeness (QED) is 0.713. The molecule has 3 rings (SSSR count). The van der Waals surface area contributed by atoms with Crippen molar-refractivity contribution in [2.45, 2.75) is 25.9 Å². The minimum atomic E-state index is -3.54. The highest BCUT2D eigenvalue weighted by Crippen LogP contribution is 2.22. The van der Waals surface area contributed by atoms with Crippen LogP contribution >= 0.6 is 0 Å². The first-order chi connectivity index (χ1) is 13.8. The number of carbonyl (C=O) groups excluding carboxylic acids is 2. The second kappa shape index (κ2) is 9.19. The molecule has 29 heavy (non-hydrogen) atoms. The number of sulfonamides is 1. The first-order valence-electron chi connectivity index (χ1n) is 9.48.